The Kier molecular flexibility index (Phi) is 9.59. The first-order valence-electron chi connectivity index (χ1n) is 13.8. The van der Waals surface area contributed by atoms with Crippen LogP contribution in [-0.4, -0.2) is 87.8 Å². The molecule has 1 aliphatic rings. The van der Waals surface area contributed by atoms with Crippen LogP contribution in [0.3, 0.4) is 0 Å². The molecule has 1 fully saturated rings. The van der Waals surface area contributed by atoms with Gasteiger partial charge in [-0.15, -0.1) is 0 Å². The highest BCUT2D eigenvalue weighted by Gasteiger charge is 2.28. The van der Waals surface area contributed by atoms with E-state index >= 15 is 0 Å². The van der Waals surface area contributed by atoms with Crippen molar-refractivity contribution < 1.29 is 9.53 Å². The molecule has 1 aliphatic heterocycles. The quantitative estimate of drug-likeness (QED) is 0.163. The number of hydrogen-bond acceptors (Lipinski definition) is 8. The van der Waals surface area contributed by atoms with E-state index in [9.17, 15) is 4.79 Å². The molecular weight excluding hydrogens is 602 g/mol. The van der Waals surface area contributed by atoms with Gasteiger partial charge in [-0.3, -0.25) is 4.90 Å². The Morgan fingerprint density at radius 1 is 1.05 bits per heavy atom. The molecule has 2 unspecified atom stereocenters. The van der Waals surface area contributed by atoms with Crippen LogP contribution in [-0.2, 0) is 11.3 Å². The van der Waals surface area contributed by atoms with Crippen molar-refractivity contribution in [2.75, 3.05) is 50.9 Å². The Bertz CT molecular complexity index is 1480. The minimum atomic E-state index is -0.484. The van der Waals surface area contributed by atoms with Crippen LogP contribution >= 0.6 is 27.7 Å². The smallest absolute Gasteiger partial charge is 0.420 e. The molecule has 1 amide bonds. The highest BCUT2D eigenvalue weighted by Crippen LogP contribution is 2.34. The summed E-state index contributed by atoms with van der Waals surface area (Å²) in [7, 11) is 2.13. The van der Waals surface area contributed by atoms with Crippen LogP contribution in [0.4, 0.5) is 16.3 Å². The molecule has 2 aromatic heterocycles. The van der Waals surface area contributed by atoms with Crippen LogP contribution in [0.2, 0.25) is 0 Å². The highest BCUT2D eigenvalue weighted by molar-refractivity contribution is 9.10. The van der Waals surface area contributed by atoms with Gasteiger partial charge in [-0.2, -0.15) is 5.10 Å². The molecule has 0 spiro atoms. The summed E-state index contributed by atoms with van der Waals surface area (Å²) in [6.45, 7) is 9.37. The standard InChI is InChI=1S/C30H36BrN7O2S/c1-21(23-9-6-5-7-10-23)19-37-27-26(18-32-37)28(34-29(33-27)41-4)38(25-12-8-11-24(31)17-25)30(39)40-22(2)20-36-15-13-35(3)14-16-36/h5-12,17-18,21-22H,13-16,19-20H2,1-4H3. The Morgan fingerprint density at radius 2 is 1.80 bits per heavy atom. The lowest BCUT2D eigenvalue weighted by atomic mass is 10.0. The fourth-order valence-corrected chi connectivity index (χ4v) is 5.79. The number of thioether (sulfide) groups is 1. The molecular formula is C30H36BrN7O2S. The van der Waals surface area contributed by atoms with E-state index in [4.69, 9.17) is 19.8 Å². The van der Waals surface area contributed by atoms with Gasteiger partial charge in [0.25, 0.3) is 0 Å². The first-order valence-corrected chi connectivity index (χ1v) is 15.8. The summed E-state index contributed by atoms with van der Waals surface area (Å²) in [6.07, 6.45) is 2.89. The molecule has 0 bridgehead atoms. The minimum Gasteiger partial charge on any atom is -0.444 e. The van der Waals surface area contributed by atoms with Gasteiger partial charge in [0.2, 0.25) is 0 Å². The first-order chi connectivity index (χ1) is 19.8. The van der Waals surface area contributed by atoms with E-state index in [1.165, 1.54) is 17.3 Å². The van der Waals surface area contributed by atoms with Gasteiger partial charge in [0, 0.05) is 49.7 Å². The molecule has 216 valence electrons. The third kappa shape index (κ3) is 7.09. The van der Waals surface area contributed by atoms with Gasteiger partial charge in [-0.25, -0.2) is 24.3 Å². The summed E-state index contributed by atoms with van der Waals surface area (Å²) in [5.41, 5.74) is 2.55. The zero-order chi connectivity index (χ0) is 28.9. The maximum atomic E-state index is 13.9. The molecule has 2 aromatic carbocycles. The van der Waals surface area contributed by atoms with Gasteiger partial charge < -0.3 is 9.64 Å². The number of aromatic nitrogens is 4. The Morgan fingerprint density at radius 3 is 2.51 bits per heavy atom. The highest BCUT2D eigenvalue weighted by atomic mass is 79.9. The minimum absolute atomic E-state index is 0.219. The third-order valence-electron chi connectivity index (χ3n) is 7.33. The second-order valence-electron chi connectivity index (χ2n) is 10.5. The lowest BCUT2D eigenvalue weighted by Gasteiger charge is -2.34. The number of hydrogen-bond donors (Lipinski definition) is 0. The second kappa shape index (κ2) is 13.3. The fourth-order valence-electron chi connectivity index (χ4n) is 5.05. The van der Waals surface area contributed by atoms with E-state index in [1.807, 2.05) is 60.3 Å². The average Bonchev–Trinajstić information content (AvgIpc) is 3.37. The van der Waals surface area contributed by atoms with E-state index in [0.29, 0.717) is 40.8 Å². The van der Waals surface area contributed by atoms with E-state index in [0.717, 1.165) is 30.7 Å². The molecule has 0 N–H and O–H groups in total. The van der Waals surface area contributed by atoms with Gasteiger partial charge in [-0.05, 0) is 44.0 Å². The number of nitrogens with zero attached hydrogens (tertiary/aromatic N) is 7. The number of carbonyl (C=O) groups excluding carboxylic acids is 1. The number of anilines is 2. The van der Waals surface area contributed by atoms with Crippen LogP contribution < -0.4 is 4.90 Å². The van der Waals surface area contributed by atoms with E-state index < -0.39 is 6.09 Å². The van der Waals surface area contributed by atoms with Gasteiger partial charge in [0.05, 0.1) is 17.3 Å². The largest absolute Gasteiger partial charge is 0.444 e. The van der Waals surface area contributed by atoms with Gasteiger partial charge >= 0.3 is 6.09 Å². The molecule has 5 rings (SSSR count). The molecule has 11 heteroatoms. The molecule has 41 heavy (non-hydrogen) atoms. The third-order valence-corrected chi connectivity index (χ3v) is 8.37. The maximum absolute atomic E-state index is 13.9. The van der Waals surface area contributed by atoms with Crippen LogP contribution in [0, 0.1) is 0 Å². The van der Waals surface area contributed by atoms with Crippen molar-refractivity contribution in [1.29, 1.82) is 0 Å². The van der Waals surface area contributed by atoms with Crippen LogP contribution in [0.25, 0.3) is 11.0 Å². The van der Waals surface area contributed by atoms with Crippen molar-refractivity contribution in [2.24, 2.45) is 0 Å². The van der Waals surface area contributed by atoms with Gasteiger partial charge in [0.1, 0.15) is 6.10 Å². The summed E-state index contributed by atoms with van der Waals surface area (Å²) in [6, 6.07) is 18.0. The summed E-state index contributed by atoms with van der Waals surface area (Å²) in [5, 5.41) is 5.94. The number of fused-ring (bicyclic) bond motifs is 1. The molecule has 0 radical (unpaired) electrons. The van der Waals surface area contributed by atoms with Crippen molar-refractivity contribution in [3.63, 3.8) is 0 Å². The lowest BCUT2D eigenvalue weighted by Crippen LogP contribution is -2.47. The number of amides is 1. The average molecular weight is 639 g/mol. The second-order valence-corrected chi connectivity index (χ2v) is 12.2. The molecule has 4 aromatic rings. The number of benzene rings is 2. The predicted octanol–water partition coefficient (Wildman–Crippen LogP) is 6.03. The first kappa shape index (κ1) is 29.5. The summed E-state index contributed by atoms with van der Waals surface area (Å²) >= 11 is 4.99. The molecule has 0 aliphatic carbocycles. The van der Waals surface area contributed by atoms with E-state index in [2.05, 4.69) is 51.8 Å². The van der Waals surface area contributed by atoms with Crippen LogP contribution in [0.1, 0.15) is 25.3 Å². The van der Waals surface area contributed by atoms with E-state index in [1.54, 1.807) is 11.1 Å². The molecule has 9 nitrogen and oxygen atoms in total. The Labute approximate surface area is 254 Å². The van der Waals surface area contributed by atoms with E-state index in [-0.39, 0.29) is 12.0 Å². The van der Waals surface area contributed by atoms with Crippen molar-refractivity contribution >= 4 is 56.3 Å². The normalized spacial score (nSPS) is 16.0. The summed E-state index contributed by atoms with van der Waals surface area (Å²) in [5.74, 6) is 0.671. The van der Waals surface area contributed by atoms with Crippen LogP contribution in [0.15, 0.2) is 70.4 Å². The molecule has 1 saturated heterocycles. The number of carbonyl (C=O) groups is 1. The zero-order valence-corrected chi connectivity index (χ0v) is 26.3. The fraction of sp³-hybridized carbons (Fsp3) is 0.400. The predicted molar refractivity (Wildman–Crippen MR) is 168 cm³/mol. The van der Waals surface area contributed by atoms with Gasteiger partial charge in [0.15, 0.2) is 16.6 Å². The number of ether oxygens (including phenoxy) is 1. The summed E-state index contributed by atoms with van der Waals surface area (Å²) in [4.78, 5) is 29.8. The maximum Gasteiger partial charge on any atom is 0.420 e. The van der Waals surface area contributed by atoms with Crippen molar-refractivity contribution in [3.05, 3.63) is 70.8 Å². The Balaban J connectivity index is 1.48. The topological polar surface area (TPSA) is 79.6 Å². The molecule has 3 heterocycles. The van der Waals surface area contributed by atoms with Crippen molar-refractivity contribution in [3.8, 4) is 0 Å². The monoisotopic (exact) mass is 637 g/mol. The number of halogens is 1. The van der Waals surface area contributed by atoms with Gasteiger partial charge in [-0.1, -0.05) is 71.0 Å². The Hall–Kier alpha value is -2.99. The SMILES string of the molecule is CSc1nc(N(C(=O)OC(C)CN2CCN(C)CC2)c2cccc(Br)c2)c2cnn(CC(C)c3ccccc3)c2n1. The van der Waals surface area contributed by atoms with Crippen molar-refractivity contribution in [2.45, 2.75) is 37.6 Å². The zero-order valence-electron chi connectivity index (χ0n) is 23.9. The van der Waals surface area contributed by atoms with Crippen molar-refractivity contribution in [1.82, 2.24) is 29.5 Å². The molecule has 0 saturated carbocycles. The number of rotatable bonds is 9. The number of piperazine rings is 1. The number of likely N-dealkylation sites (N-methyl/N-ethyl adjacent to an activating group) is 1. The lowest BCUT2D eigenvalue weighted by molar-refractivity contribution is 0.0680. The van der Waals surface area contributed by atoms with Crippen LogP contribution in [0.5, 0.6) is 0 Å². The molecule has 2 atom stereocenters. The summed E-state index contributed by atoms with van der Waals surface area (Å²) < 4.78 is 8.81.